The van der Waals surface area contributed by atoms with Crippen LogP contribution in [0.5, 0.6) is 0 Å². The number of aromatic nitrogens is 2. The standard InChI is InChI=1S/C20H15F3N4OS/c1-24-18-17(29-19(28)26-18)9-12-6-4-8-16-14(12)10-25-27(16)11-13-5-2-3-7-15(13)20(21,22)23/h2-10H,11H2,1H3,(H,24,26,28)/b17-9-. The number of halogens is 3. The third-order valence-electron chi connectivity index (χ3n) is 4.53. The van der Waals surface area contributed by atoms with Crippen LogP contribution in [0.25, 0.3) is 17.0 Å². The zero-order valence-corrected chi connectivity index (χ0v) is 16.0. The molecule has 0 saturated carbocycles. The van der Waals surface area contributed by atoms with Gasteiger partial charge in [0.15, 0.2) is 0 Å². The molecular weight excluding hydrogens is 401 g/mol. The minimum Gasteiger partial charge on any atom is -0.300 e. The summed E-state index contributed by atoms with van der Waals surface area (Å²) in [7, 11) is 1.59. The molecule has 0 radical (unpaired) electrons. The quantitative estimate of drug-likeness (QED) is 0.659. The minimum atomic E-state index is -4.43. The summed E-state index contributed by atoms with van der Waals surface area (Å²) in [5, 5.41) is 7.53. The smallest absolute Gasteiger partial charge is 0.300 e. The van der Waals surface area contributed by atoms with Gasteiger partial charge in [0.1, 0.15) is 5.84 Å². The van der Waals surface area contributed by atoms with E-state index in [0.29, 0.717) is 16.3 Å². The highest BCUT2D eigenvalue weighted by Crippen LogP contribution is 2.33. The number of carbonyl (C=O) groups is 1. The number of hydrogen-bond donors (Lipinski definition) is 1. The van der Waals surface area contributed by atoms with Crippen LogP contribution >= 0.6 is 11.8 Å². The number of carbonyl (C=O) groups excluding carboxylic acids is 1. The number of rotatable bonds is 3. The maximum atomic E-state index is 13.3. The number of nitrogens with zero attached hydrogens (tertiary/aromatic N) is 3. The van der Waals surface area contributed by atoms with Crippen LogP contribution in [0.15, 0.2) is 58.6 Å². The van der Waals surface area contributed by atoms with Crippen LogP contribution in [0.2, 0.25) is 0 Å². The number of amides is 1. The third-order valence-corrected chi connectivity index (χ3v) is 5.35. The van der Waals surface area contributed by atoms with Gasteiger partial charge >= 0.3 is 6.18 Å². The molecule has 0 bridgehead atoms. The maximum absolute atomic E-state index is 13.3. The van der Waals surface area contributed by atoms with Gasteiger partial charge in [-0.15, -0.1) is 0 Å². The fourth-order valence-corrected chi connectivity index (χ4v) is 3.98. The SMILES string of the molecule is CN=C1NC(=O)S/C1=C\c1cccc2c1cnn2Cc1ccccc1C(F)(F)F. The van der Waals surface area contributed by atoms with E-state index < -0.39 is 11.7 Å². The van der Waals surface area contributed by atoms with Crippen LogP contribution in [0.1, 0.15) is 16.7 Å². The lowest BCUT2D eigenvalue weighted by Gasteiger charge is -2.13. The van der Waals surface area contributed by atoms with Gasteiger partial charge in [-0.3, -0.25) is 14.5 Å². The van der Waals surface area contributed by atoms with Crippen molar-refractivity contribution in [1.29, 1.82) is 0 Å². The van der Waals surface area contributed by atoms with Crippen LogP contribution in [-0.4, -0.2) is 27.9 Å². The number of benzene rings is 2. The lowest BCUT2D eigenvalue weighted by Crippen LogP contribution is -2.18. The molecule has 1 N–H and O–H groups in total. The zero-order valence-electron chi connectivity index (χ0n) is 15.2. The normalized spacial score (nSPS) is 17.4. The highest BCUT2D eigenvalue weighted by atomic mass is 32.2. The molecule has 1 aliphatic rings. The van der Waals surface area contributed by atoms with E-state index in [0.717, 1.165) is 28.8 Å². The van der Waals surface area contributed by atoms with E-state index in [9.17, 15) is 18.0 Å². The predicted octanol–water partition coefficient (Wildman–Crippen LogP) is 4.93. The Morgan fingerprint density at radius 2 is 2.00 bits per heavy atom. The van der Waals surface area contributed by atoms with E-state index >= 15 is 0 Å². The number of alkyl halides is 3. The first-order valence-electron chi connectivity index (χ1n) is 8.64. The molecule has 3 aromatic rings. The van der Waals surface area contributed by atoms with Gasteiger partial charge in [0.05, 0.1) is 28.7 Å². The second-order valence-electron chi connectivity index (χ2n) is 6.33. The van der Waals surface area contributed by atoms with Gasteiger partial charge in [-0.2, -0.15) is 18.3 Å². The number of aliphatic imine (C=N–C) groups is 1. The van der Waals surface area contributed by atoms with Crippen molar-refractivity contribution in [3.05, 3.63) is 70.3 Å². The molecule has 0 spiro atoms. The Morgan fingerprint density at radius 1 is 1.21 bits per heavy atom. The summed E-state index contributed by atoms with van der Waals surface area (Å²) in [5.41, 5.74) is 0.986. The Kier molecular flexibility index (Phi) is 4.91. The van der Waals surface area contributed by atoms with Crippen molar-refractivity contribution in [3.8, 4) is 0 Å². The van der Waals surface area contributed by atoms with Crippen molar-refractivity contribution >= 4 is 39.8 Å². The van der Waals surface area contributed by atoms with Crippen molar-refractivity contribution < 1.29 is 18.0 Å². The molecule has 1 aliphatic heterocycles. The van der Waals surface area contributed by atoms with Gasteiger partial charge < -0.3 is 5.32 Å². The largest absolute Gasteiger partial charge is 0.416 e. The summed E-state index contributed by atoms with van der Waals surface area (Å²) in [6, 6.07) is 11.0. The molecule has 5 nitrogen and oxygen atoms in total. The molecule has 29 heavy (non-hydrogen) atoms. The van der Waals surface area contributed by atoms with Crippen molar-refractivity contribution in [1.82, 2.24) is 15.1 Å². The van der Waals surface area contributed by atoms with Crippen molar-refractivity contribution in [3.63, 3.8) is 0 Å². The zero-order chi connectivity index (χ0) is 20.6. The Hall–Kier alpha value is -3.07. The Morgan fingerprint density at radius 3 is 2.76 bits per heavy atom. The highest BCUT2D eigenvalue weighted by molar-refractivity contribution is 8.18. The van der Waals surface area contributed by atoms with Gasteiger partial charge in [-0.1, -0.05) is 30.3 Å². The second-order valence-corrected chi connectivity index (χ2v) is 7.35. The first kappa shape index (κ1) is 19.3. The van der Waals surface area contributed by atoms with Crippen molar-refractivity contribution in [2.45, 2.75) is 12.7 Å². The first-order chi connectivity index (χ1) is 13.9. The highest BCUT2D eigenvalue weighted by Gasteiger charge is 2.33. The number of amidine groups is 1. The van der Waals surface area contributed by atoms with Crippen LogP contribution in [0.3, 0.4) is 0 Å². The molecule has 0 aliphatic carbocycles. The van der Waals surface area contributed by atoms with Gasteiger partial charge in [-0.05, 0) is 41.1 Å². The number of nitrogens with one attached hydrogen (secondary N) is 1. The predicted molar refractivity (Wildman–Crippen MR) is 108 cm³/mol. The lowest BCUT2D eigenvalue weighted by atomic mass is 10.1. The fourth-order valence-electron chi connectivity index (χ4n) is 3.21. The third kappa shape index (κ3) is 3.77. The fraction of sp³-hybridized carbons (Fsp3) is 0.150. The van der Waals surface area contributed by atoms with Crippen molar-refractivity contribution in [2.75, 3.05) is 7.05 Å². The average Bonchev–Trinajstić information content (AvgIpc) is 3.25. The molecule has 1 amide bonds. The van der Waals surface area contributed by atoms with Gasteiger partial charge in [0, 0.05) is 12.4 Å². The van der Waals surface area contributed by atoms with E-state index in [1.54, 1.807) is 36.1 Å². The molecule has 1 fully saturated rings. The van der Waals surface area contributed by atoms with E-state index in [2.05, 4.69) is 15.4 Å². The molecule has 2 aromatic carbocycles. The Balaban J connectivity index is 1.74. The minimum absolute atomic E-state index is 0.00430. The van der Waals surface area contributed by atoms with Crippen LogP contribution in [-0.2, 0) is 12.7 Å². The molecule has 4 rings (SSSR count). The molecule has 2 heterocycles. The molecule has 0 atom stereocenters. The van der Waals surface area contributed by atoms with Crippen molar-refractivity contribution in [2.24, 2.45) is 4.99 Å². The number of thioether (sulfide) groups is 1. The topological polar surface area (TPSA) is 59.3 Å². The molecule has 1 saturated heterocycles. The van der Waals surface area contributed by atoms with Crippen LogP contribution in [0, 0.1) is 0 Å². The average molecular weight is 416 g/mol. The summed E-state index contributed by atoms with van der Waals surface area (Å²) < 4.78 is 41.4. The van der Waals surface area contributed by atoms with E-state index in [-0.39, 0.29) is 17.3 Å². The first-order valence-corrected chi connectivity index (χ1v) is 9.46. The summed E-state index contributed by atoms with van der Waals surface area (Å²) in [6.45, 7) is -0.00430. The summed E-state index contributed by atoms with van der Waals surface area (Å²) in [6.07, 6.45) is -0.983. The molecule has 148 valence electrons. The molecule has 1 aromatic heterocycles. The Labute approximate surface area is 168 Å². The number of hydrogen-bond acceptors (Lipinski definition) is 4. The van der Waals surface area contributed by atoms with Crippen LogP contribution in [0.4, 0.5) is 18.0 Å². The number of fused-ring (bicyclic) bond motifs is 1. The molecular formula is C20H15F3N4OS. The second kappa shape index (κ2) is 7.40. The maximum Gasteiger partial charge on any atom is 0.416 e. The van der Waals surface area contributed by atoms with E-state index in [1.165, 1.54) is 12.1 Å². The van der Waals surface area contributed by atoms with Gasteiger partial charge in [-0.25, -0.2) is 0 Å². The molecule has 9 heteroatoms. The van der Waals surface area contributed by atoms with Crippen LogP contribution < -0.4 is 5.32 Å². The van der Waals surface area contributed by atoms with Gasteiger partial charge in [0.25, 0.3) is 5.24 Å². The summed E-state index contributed by atoms with van der Waals surface area (Å²) in [5.74, 6) is 0.489. The van der Waals surface area contributed by atoms with E-state index in [1.807, 2.05) is 12.1 Å². The Bertz CT molecular complexity index is 1160. The lowest BCUT2D eigenvalue weighted by molar-refractivity contribution is -0.138. The molecule has 0 unspecified atom stereocenters. The van der Waals surface area contributed by atoms with Gasteiger partial charge in [0.2, 0.25) is 0 Å². The summed E-state index contributed by atoms with van der Waals surface area (Å²) in [4.78, 5) is 16.4. The summed E-state index contributed by atoms with van der Waals surface area (Å²) >= 11 is 1.04. The van der Waals surface area contributed by atoms with E-state index in [4.69, 9.17) is 0 Å². The monoisotopic (exact) mass is 416 g/mol.